The van der Waals surface area contributed by atoms with Crippen LogP contribution in [-0.4, -0.2) is 22.7 Å². The normalized spacial score (nSPS) is 11.2. The largest absolute Gasteiger partial charge is 0.507 e. The maximum absolute atomic E-state index is 13.0. The van der Waals surface area contributed by atoms with Gasteiger partial charge < -0.3 is 14.8 Å². The molecule has 0 unspecified atom stereocenters. The molecule has 0 saturated carbocycles. The molecule has 0 fully saturated rings. The van der Waals surface area contributed by atoms with Crippen LogP contribution in [0.2, 0.25) is 5.02 Å². The predicted molar refractivity (Wildman–Crippen MR) is 162 cm³/mol. The molecule has 2 N–H and O–H groups in total. The second-order valence-corrected chi connectivity index (χ2v) is 10.7. The lowest BCUT2D eigenvalue weighted by molar-refractivity contribution is -0.143. The van der Waals surface area contributed by atoms with Crippen molar-refractivity contribution in [2.24, 2.45) is 5.92 Å². The maximum Gasteiger partial charge on any atom is 0.310 e. The molecule has 5 nitrogen and oxygen atoms in total. The minimum absolute atomic E-state index is 0.147. The van der Waals surface area contributed by atoms with Crippen LogP contribution >= 0.6 is 11.6 Å². The number of rotatable bonds is 8. The number of carbonyl (C=O) groups is 1. The number of hydrogen-bond acceptors (Lipinski definition) is 4. The summed E-state index contributed by atoms with van der Waals surface area (Å²) in [5.74, 6) is 0.412. The molecular weight excluding hydrogens is 522 g/mol. The average molecular weight is 552 g/mol. The molecule has 0 aliphatic rings. The summed E-state index contributed by atoms with van der Waals surface area (Å²) in [7, 11) is 0. The van der Waals surface area contributed by atoms with Crippen molar-refractivity contribution >= 4 is 28.5 Å². The molecule has 6 heteroatoms. The standard InChI is InChI=1S/C34H30ClNO4/c1-21(2)14-15-40-33(38)17-22-6-5-7-25(16-22)29-19-26-18-28(30(35)20-31(26)36-34(29)39)24-12-10-23(11-13-24)27-8-3-4-9-32(27)37/h3-13,16,18-21,37H,14-15,17H2,1-2H3,(H,36,39). The van der Waals surface area contributed by atoms with Gasteiger partial charge in [-0.1, -0.05) is 92.2 Å². The quantitative estimate of drug-likeness (QED) is 0.191. The Kier molecular flexibility index (Phi) is 8.04. The highest BCUT2D eigenvalue weighted by molar-refractivity contribution is 6.34. The van der Waals surface area contributed by atoms with E-state index in [2.05, 4.69) is 18.8 Å². The van der Waals surface area contributed by atoms with E-state index in [1.807, 2.05) is 72.8 Å². The van der Waals surface area contributed by atoms with E-state index < -0.39 is 0 Å². The molecule has 0 spiro atoms. The molecule has 0 amide bonds. The van der Waals surface area contributed by atoms with Crippen LogP contribution in [0.15, 0.2) is 95.8 Å². The summed E-state index contributed by atoms with van der Waals surface area (Å²) in [5.41, 5.74) is 5.81. The second-order valence-electron chi connectivity index (χ2n) is 10.3. The molecule has 0 radical (unpaired) electrons. The Labute approximate surface area is 238 Å². The first-order valence-electron chi connectivity index (χ1n) is 13.3. The summed E-state index contributed by atoms with van der Waals surface area (Å²) in [5, 5.41) is 11.5. The van der Waals surface area contributed by atoms with Gasteiger partial charge in [-0.15, -0.1) is 0 Å². The molecule has 5 aromatic rings. The third-order valence-corrected chi connectivity index (χ3v) is 7.20. The highest BCUT2D eigenvalue weighted by Gasteiger charge is 2.13. The van der Waals surface area contributed by atoms with Gasteiger partial charge in [-0.3, -0.25) is 9.59 Å². The predicted octanol–water partition coefficient (Wildman–Crippen LogP) is 8.02. The minimum Gasteiger partial charge on any atom is -0.507 e. The molecule has 4 aromatic carbocycles. The Hall–Kier alpha value is -4.35. The van der Waals surface area contributed by atoms with E-state index in [1.165, 1.54) is 0 Å². The maximum atomic E-state index is 13.0. The lowest BCUT2D eigenvalue weighted by Gasteiger charge is -2.11. The number of phenolic OH excluding ortho intramolecular Hbond substituents is 1. The summed E-state index contributed by atoms with van der Waals surface area (Å²) < 4.78 is 5.36. The number of halogens is 1. The number of pyridine rings is 1. The Morgan fingerprint density at radius 1 is 0.850 bits per heavy atom. The monoisotopic (exact) mass is 551 g/mol. The molecule has 5 rings (SSSR count). The molecule has 202 valence electrons. The first-order valence-corrected chi connectivity index (χ1v) is 13.7. The summed E-state index contributed by atoms with van der Waals surface area (Å²) in [4.78, 5) is 28.3. The number of aromatic hydroxyl groups is 1. The van der Waals surface area contributed by atoms with Crippen molar-refractivity contribution < 1.29 is 14.6 Å². The molecular formula is C34H30ClNO4. The first kappa shape index (κ1) is 27.2. The molecule has 0 aliphatic heterocycles. The highest BCUT2D eigenvalue weighted by Crippen LogP contribution is 2.35. The number of ether oxygens (including phenoxy) is 1. The van der Waals surface area contributed by atoms with Gasteiger partial charge in [0.05, 0.1) is 18.1 Å². The van der Waals surface area contributed by atoms with Crippen LogP contribution in [0.25, 0.3) is 44.3 Å². The zero-order chi connectivity index (χ0) is 28.2. The van der Waals surface area contributed by atoms with Gasteiger partial charge in [-0.25, -0.2) is 0 Å². The van der Waals surface area contributed by atoms with Gasteiger partial charge in [-0.05, 0) is 64.2 Å². The number of hydrogen-bond donors (Lipinski definition) is 2. The van der Waals surface area contributed by atoms with Crippen LogP contribution in [0.3, 0.4) is 0 Å². The number of carbonyl (C=O) groups excluding carboxylic acids is 1. The molecule has 1 aromatic heterocycles. The Bertz CT molecular complexity index is 1740. The third-order valence-electron chi connectivity index (χ3n) is 6.89. The average Bonchev–Trinajstić information content (AvgIpc) is 2.93. The Morgan fingerprint density at radius 3 is 2.27 bits per heavy atom. The number of nitrogens with one attached hydrogen (secondary N) is 1. The van der Waals surface area contributed by atoms with Crippen molar-refractivity contribution in [2.45, 2.75) is 26.7 Å². The molecule has 40 heavy (non-hydrogen) atoms. The number of aromatic amines is 1. The zero-order valence-corrected chi connectivity index (χ0v) is 23.2. The summed E-state index contributed by atoms with van der Waals surface area (Å²) in [6.07, 6.45) is 0.971. The minimum atomic E-state index is -0.280. The van der Waals surface area contributed by atoms with E-state index in [1.54, 1.807) is 18.2 Å². The number of aromatic nitrogens is 1. The second kappa shape index (κ2) is 11.8. The first-order chi connectivity index (χ1) is 19.3. The van der Waals surface area contributed by atoms with Gasteiger partial charge in [0.2, 0.25) is 0 Å². The number of benzene rings is 4. The van der Waals surface area contributed by atoms with Gasteiger partial charge in [0, 0.05) is 22.2 Å². The van der Waals surface area contributed by atoms with Gasteiger partial charge in [-0.2, -0.15) is 0 Å². The Balaban J connectivity index is 1.44. The summed E-state index contributed by atoms with van der Waals surface area (Å²) in [6, 6.07) is 28.0. The molecule has 0 bridgehead atoms. The highest BCUT2D eigenvalue weighted by atomic mass is 35.5. The van der Waals surface area contributed by atoms with Crippen molar-refractivity contribution in [3.8, 4) is 39.1 Å². The van der Waals surface area contributed by atoms with Crippen molar-refractivity contribution in [3.05, 3.63) is 112 Å². The zero-order valence-electron chi connectivity index (χ0n) is 22.4. The van der Waals surface area contributed by atoms with Crippen molar-refractivity contribution in [1.82, 2.24) is 4.98 Å². The third kappa shape index (κ3) is 6.11. The van der Waals surface area contributed by atoms with Crippen LogP contribution in [-0.2, 0) is 16.0 Å². The van der Waals surface area contributed by atoms with E-state index in [-0.39, 0.29) is 23.7 Å². The molecule has 0 aliphatic carbocycles. The van der Waals surface area contributed by atoms with Crippen molar-refractivity contribution in [2.75, 3.05) is 6.61 Å². The van der Waals surface area contributed by atoms with E-state index >= 15 is 0 Å². The van der Waals surface area contributed by atoms with Crippen LogP contribution in [0, 0.1) is 5.92 Å². The smallest absolute Gasteiger partial charge is 0.310 e. The summed E-state index contributed by atoms with van der Waals surface area (Å²) >= 11 is 6.65. The number of fused-ring (bicyclic) bond motifs is 1. The van der Waals surface area contributed by atoms with Gasteiger partial charge in [0.1, 0.15) is 5.75 Å². The van der Waals surface area contributed by atoms with Crippen LogP contribution in [0.4, 0.5) is 0 Å². The lowest BCUT2D eigenvalue weighted by Crippen LogP contribution is -2.11. The fourth-order valence-corrected chi connectivity index (χ4v) is 4.96. The van der Waals surface area contributed by atoms with Gasteiger partial charge >= 0.3 is 5.97 Å². The van der Waals surface area contributed by atoms with Crippen molar-refractivity contribution in [3.63, 3.8) is 0 Å². The van der Waals surface area contributed by atoms with Gasteiger partial charge in [0.25, 0.3) is 5.56 Å². The van der Waals surface area contributed by atoms with E-state index in [9.17, 15) is 14.7 Å². The lowest BCUT2D eigenvalue weighted by atomic mass is 9.97. The van der Waals surface area contributed by atoms with Crippen LogP contribution in [0.1, 0.15) is 25.8 Å². The van der Waals surface area contributed by atoms with Crippen molar-refractivity contribution in [1.29, 1.82) is 0 Å². The fourth-order valence-electron chi connectivity index (χ4n) is 4.69. The molecule has 1 heterocycles. The van der Waals surface area contributed by atoms with Gasteiger partial charge in [0.15, 0.2) is 0 Å². The topological polar surface area (TPSA) is 79.4 Å². The van der Waals surface area contributed by atoms with E-state index in [0.717, 1.165) is 45.2 Å². The van der Waals surface area contributed by atoms with E-state index in [4.69, 9.17) is 16.3 Å². The number of para-hydroxylation sites is 1. The molecule has 0 saturated heterocycles. The van der Waals surface area contributed by atoms with Crippen LogP contribution in [0.5, 0.6) is 5.75 Å². The van der Waals surface area contributed by atoms with E-state index in [0.29, 0.717) is 28.6 Å². The molecule has 0 atom stereocenters. The Morgan fingerprint density at radius 2 is 1.55 bits per heavy atom. The number of phenols is 1. The fraction of sp³-hybridized carbons (Fsp3) is 0.176. The number of esters is 1. The summed E-state index contributed by atoms with van der Waals surface area (Å²) in [6.45, 7) is 4.58. The SMILES string of the molecule is CC(C)CCOC(=O)Cc1cccc(-c2cc3cc(-c4ccc(-c5ccccc5O)cc4)c(Cl)cc3[nH]c2=O)c1. The number of H-pyrrole nitrogens is 1. The van der Waals surface area contributed by atoms with Crippen LogP contribution < -0.4 is 5.56 Å².